The molecule has 0 aliphatic heterocycles. The first-order valence-electron chi connectivity index (χ1n) is 4.85. The van der Waals surface area contributed by atoms with Crippen LogP contribution < -0.4 is 4.74 Å². The van der Waals surface area contributed by atoms with Gasteiger partial charge in [-0.25, -0.2) is 4.98 Å². The number of ketones is 1. The van der Waals surface area contributed by atoms with Crippen LogP contribution in [0.15, 0.2) is 33.8 Å². The van der Waals surface area contributed by atoms with Gasteiger partial charge in [0.25, 0.3) is 0 Å². The van der Waals surface area contributed by atoms with Crippen LogP contribution in [0.5, 0.6) is 5.75 Å². The molecule has 0 fully saturated rings. The third kappa shape index (κ3) is 2.65. The molecule has 0 saturated carbocycles. The van der Waals surface area contributed by atoms with Gasteiger partial charge in [-0.3, -0.25) is 4.79 Å². The monoisotopic (exact) mass is 266 g/mol. The van der Waals surface area contributed by atoms with Gasteiger partial charge < -0.3 is 4.74 Å². The third-order valence-corrected chi connectivity index (χ3v) is 3.87. The molecule has 6 heteroatoms. The Morgan fingerprint density at radius 1 is 1.47 bits per heavy atom. The summed E-state index contributed by atoms with van der Waals surface area (Å²) in [6.45, 7) is 1.53. The topological polar surface area (TPSA) is 52.1 Å². The first kappa shape index (κ1) is 12.1. The molecule has 0 N–H and O–H groups in total. The van der Waals surface area contributed by atoms with E-state index >= 15 is 0 Å². The van der Waals surface area contributed by atoms with Gasteiger partial charge in [-0.1, -0.05) is 17.8 Å². The van der Waals surface area contributed by atoms with E-state index in [-0.39, 0.29) is 5.78 Å². The number of Topliss-reactive ketones (excluding diaryl/α,β-unsaturated/α-hetero) is 1. The van der Waals surface area contributed by atoms with E-state index in [0.29, 0.717) is 11.3 Å². The van der Waals surface area contributed by atoms with Crippen LogP contribution in [0.4, 0.5) is 0 Å². The fourth-order valence-corrected chi connectivity index (χ4v) is 3.02. The maximum atomic E-state index is 11.6. The van der Waals surface area contributed by atoms with E-state index in [0.717, 1.165) is 9.24 Å². The summed E-state index contributed by atoms with van der Waals surface area (Å²) in [5.41, 5.74) is 0.593. The molecule has 0 spiro atoms. The highest BCUT2D eigenvalue weighted by atomic mass is 32.2. The Kier molecular flexibility index (Phi) is 3.75. The second-order valence-electron chi connectivity index (χ2n) is 3.20. The highest BCUT2D eigenvalue weighted by molar-refractivity contribution is 8.01. The van der Waals surface area contributed by atoms with Gasteiger partial charge in [0.2, 0.25) is 0 Å². The van der Waals surface area contributed by atoms with Crippen molar-refractivity contribution in [2.24, 2.45) is 0 Å². The molecule has 0 saturated heterocycles. The molecular formula is C11H10N2O2S2. The fourth-order valence-electron chi connectivity index (χ4n) is 1.42. The van der Waals surface area contributed by atoms with E-state index in [1.807, 2.05) is 12.1 Å². The van der Waals surface area contributed by atoms with Crippen LogP contribution in [-0.4, -0.2) is 22.3 Å². The van der Waals surface area contributed by atoms with Gasteiger partial charge in [-0.2, -0.15) is 4.37 Å². The lowest BCUT2D eigenvalue weighted by Gasteiger charge is -2.09. The second kappa shape index (κ2) is 5.29. The number of rotatable bonds is 4. The first-order valence-corrected chi connectivity index (χ1v) is 6.44. The van der Waals surface area contributed by atoms with Crippen molar-refractivity contribution in [3.8, 4) is 5.75 Å². The lowest BCUT2D eigenvalue weighted by Crippen LogP contribution is -1.99. The van der Waals surface area contributed by atoms with Crippen LogP contribution in [0.2, 0.25) is 0 Å². The van der Waals surface area contributed by atoms with E-state index in [2.05, 4.69) is 9.36 Å². The molecule has 4 nitrogen and oxygen atoms in total. The van der Waals surface area contributed by atoms with Gasteiger partial charge in [0.1, 0.15) is 12.1 Å². The van der Waals surface area contributed by atoms with E-state index in [9.17, 15) is 4.79 Å². The largest absolute Gasteiger partial charge is 0.496 e. The molecule has 17 heavy (non-hydrogen) atoms. The molecule has 1 heterocycles. The molecule has 0 amide bonds. The Labute approximate surface area is 107 Å². The smallest absolute Gasteiger partial charge is 0.174 e. The predicted molar refractivity (Wildman–Crippen MR) is 67.0 cm³/mol. The Hall–Kier alpha value is -1.40. The number of carbonyl (C=O) groups excluding carboxylic acids is 1. The van der Waals surface area contributed by atoms with Gasteiger partial charge >= 0.3 is 0 Å². The molecule has 0 unspecified atom stereocenters. The molecule has 2 rings (SSSR count). The van der Waals surface area contributed by atoms with Gasteiger partial charge in [-0.15, -0.1) is 0 Å². The Balaban J connectivity index is 2.42. The Morgan fingerprint density at radius 3 is 2.88 bits per heavy atom. The van der Waals surface area contributed by atoms with E-state index in [1.165, 1.54) is 36.5 Å². The normalized spacial score (nSPS) is 10.2. The number of methoxy groups -OCH3 is 1. The third-order valence-electron chi connectivity index (χ3n) is 2.10. The summed E-state index contributed by atoms with van der Waals surface area (Å²) in [5.74, 6) is 0.571. The first-order chi connectivity index (χ1) is 8.22. The van der Waals surface area contributed by atoms with Gasteiger partial charge in [0.15, 0.2) is 10.1 Å². The van der Waals surface area contributed by atoms with Crippen molar-refractivity contribution in [2.75, 3.05) is 7.11 Å². The summed E-state index contributed by atoms with van der Waals surface area (Å²) in [6, 6.07) is 5.51. The van der Waals surface area contributed by atoms with Crippen LogP contribution in [0.1, 0.15) is 17.3 Å². The number of nitrogens with zero attached hydrogens (tertiary/aromatic N) is 2. The molecule has 0 bridgehead atoms. The zero-order valence-corrected chi connectivity index (χ0v) is 11.0. The minimum atomic E-state index is -0.0190. The fraction of sp³-hybridized carbons (Fsp3) is 0.182. The minimum absolute atomic E-state index is 0.0190. The van der Waals surface area contributed by atoms with Crippen molar-refractivity contribution in [3.05, 3.63) is 30.1 Å². The molecule has 0 atom stereocenters. The molecule has 0 radical (unpaired) electrons. The Bertz CT molecular complexity index is 526. The standard InChI is InChI=1S/C11H10N2O2S2/c1-7(14)10-8(15-2)4-3-5-9(10)16-11-12-6-13-17-11/h3-6H,1-2H3. The average molecular weight is 266 g/mol. The highest BCUT2D eigenvalue weighted by Crippen LogP contribution is 2.35. The van der Waals surface area contributed by atoms with Gasteiger partial charge in [-0.05, 0) is 30.6 Å². The average Bonchev–Trinajstić information content (AvgIpc) is 2.81. The van der Waals surface area contributed by atoms with E-state index < -0.39 is 0 Å². The lowest BCUT2D eigenvalue weighted by atomic mass is 10.1. The van der Waals surface area contributed by atoms with Crippen LogP contribution in [0.25, 0.3) is 0 Å². The van der Waals surface area contributed by atoms with Crippen LogP contribution in [-0.2, 0) is 0 Å². The quantitative estimate of drug-likeness (QED) is 0.796. The number of carbonyl (C=O) groups is 1. The Morgan fingerprint density at radius 2 is 2.29 bits per heavy atom. The van der Waals surface area contributed by atoms with Crippen molar-refractivity contribution < 1.29 is 9.53 Å². The van der Waals surface area contributed by atoms with Crippen molar-refractivity contribution in [2.45, 2.75) is 16.2 Å². The number of hydrogen-bond acceptors (Lipinski definition) is 6. The maximum absolute atomic E-state index is 11.6. The molecule has 1 aromatic heterocycles. The number of aromatic nitrogens is 2. The van der Waals surface area contributed by atoms with Gasteiger partial charge in [0, 0.05) is 4.90 Å². The van der Waals surface area contributed by atoms with Crippen LogP contribution >= 0.6 is 23.3 Å². The van der Waals surface area contributed by atoms with Crippen molar-refractivity contribution >= 4 is 29.1 Å². The molecule has 0 aliphatic carbocycles. The minimum Gasteiger partial charge on any atom is -0.496 e. The molecule has 0 aliphatic rings. The van der Waals surface area contributed by atoms with E-state index in [4.69, 9.17) is 4.74 Å². The summed E-state index contributed by atoms with van der Waals surface area (Å²) < 4.78 is 9.93. The summed E-state index contributed by atoms with van der Waals surface area (Å²) >= 11 is 2.72. The highest BCUT2D eigenvalue weighted by Gasteiger charge is 2.15. The van der Waals surface area contributed by atoms with Crippen molar-refractivity contribution in [3.63, 3.8) is 0 Å². The van der Waals surface area contributed by atoms with Gasteiger partial charge in [0.05, 0.1) is 12.7 Å². The van der Waals surface area contributed by atoms with E-state index in [1.54, 1.807) is 13.2 Å². The summed E-state index contributed by atoms with van der Waals surface area (Å²) in [7, 11) is 1.56. The summed E-state index contributed by atoms with van der Waals surface area (Å²) in [5, 5.41) is 0. The molecule has 1 aromatic carbocycles. The van der Waals surface area contributed by atoms with Crippen molar-refractivity contribution in [1.29, 1.82) is 0 Å². The zero-order valence-electron chi connectivity index (χ0n) is 9.34. The predicted octanol–water partition coefficient (Wildman–Crippen LogP) is 2.90. The maximum Gasteiger partial charge on any atom is 0.174 e. The SMILES string of the molecule is COc1cccc(Sc2ncns2)c1C(C)=O. The van der Waals surface area contributed by atoms with Crippen LogP contribution in [0.3, 0.4) is 0 Å². The lowest BCUT2D eigenvalue weighted by molar-refractivity contribution is 0.101. The second-order valence-corrected chi connectivity index (χ2v) is 5.27. The number of ether oxygens (including phenoxy) is 1. The zero-order chi connectivity index (χ0) is 12.3. The summed E-state index contributed by atoms with van der Waals surface area (Å²) in [6.07, 6.45) is 1.50. The molecular weight excluding hydrogens is 256 g/mol. The summed E-state index contributed by atoms with van der Waals surface area (Å²) in [4.78, 5) is 16.6. The van der Waals surface area contributed by atoms with Crippen molar-refractivity contribution in [1.82, 2.24) is 9.36 Å². The number of hydrogen-bond donors (Lipinski definition) is 0. The molecule has 88 valence electrons. The van der Waals surface area contributed by atoms with Crippen LogP contribution in [0, 0.1) is 0 Å². The molecule has 2 aromatic rings. The number of benzene rings is 1.